The average Bonchev–Trinajstić information content (AvgIpc) is 2.86. The van der Waals surface area contributed by atoms with Crippen LogP contribution in [-0.4, -0.2) is 22.1 Å². The largest absolute Gasteiger partial charge is 0.364 e. The minimum Gasteiger partial charge on any atom is -0.364 e. The van der Waals surface area contributed by atoms with Crippen LogP contribution in [0.3, 0.4) is 0 Å². The first kappa shape index (κ1) is 10.5. The maximum atomic E-state index is 4.74. The molecule has 0 saturated carbocycles. The molecule has 2 rings (SSSR count). The van der Waals surface area contributed by atoms with Crippen molar-refractivity contribution >= 4 is 16.9 Å². The maximum Gasteiger partial charge on any atom is 0.157 e. The van der Waals surface area contributed by atoms with E-state index < -0.39 is 0 Å². The van der Waals surface area contributed by atoms with Crippen molar-refractivity contribution in [3.05, 3.63) is 18.0 Å². The fourth-order valence-corrected chi connectivity index (χ4v) is 2.53. The van der Waals surface area contributed by atoms with E-state index >= 15 is 0 Å². The second kappa shape index (κ2) is 4.70. The molecule has 1 aromatic heterocycles. The van der Waals surface area contributed by atoms with E-state index in [0.717, 1.165) is 16.6 Å². The topological polar surface area (TPSA) is 50.4 Å². The lowest BCUT2D eigenvalue weighted by molar-refractivity contribution is 0.412. The molecule has 0 radical (unpaired) electrons. The van der Waals surface area contributed by atoms with Gasteiger partial charge in [-0.25, -0.2) is 0 Å². The molecule has 1 atom stereocenters. The van der Waals surface area contributed by atoms with Gasteiger partial charge in [0, 0.05) is 17.9 Å². The van der Waals surface area contributed by atoms with Crippen molar-refractivity contribution in [2.45, 2.75) is 26.4 Å². The molecule has 0 aromatic carbocycles. The molecule has 0 spiro atoms. The minimum absolute atomic E-state index is 0.547. The number of aromatic nitrogens is 1. The van der Waals surface area contributed by atoms with Gasteiger partial charge < -0.3 is 9.84 Å². The quantitative estimate of drug-likeness (QED) is 0.853. The number of nitrogens with one attached hydrogen (secondary N) is 1. The van der Waals surface area contributed by atoms with Crippen LogP contribution in [0.2, 0.25) is 0 Å². The Hall–Kier alpha value is -0.970. The van der Waals surface area contributed by atoms with Gasteiger partial charge in [-0.2, -0.15) is 0 Å². The Kier molecular flexibility index (Phi) is 3.30. The Morgan fingerprint density at radius 3 is 3.20 bits per heavy atom. The summed E-state index contributed by atoms with van der Waals surface area (Å²) >= 11 is 1.78. The molecule has 82 valence electrons. The predicted molar refractivity (Wildman–Crippen MR) is 61.9 cm³/mol. The molecule has 1 saturated heterocycles. The van der Waals surface area contributed by atoms with Crippen LogP contribution in [0.4, 0.5) is 0 Å². The number of rotatable bonds is 3. The van der Waals surface area contributed by atoms with Crippen LogP contribution >= 0.6 is 11.8 Å². The van der Waals surface area contributed by atoms with Crippen LogP contribution in [0.1, 0.15) is 19.5 Å². The second-order valence-corrected chi connectivity index (χ2v) is 4.93. The number of aliphatic imine (C=N–C) groups is 1. The molecule has 5 heteroatoms. The van der Waals surface area contributed by atoms with E-state index in [4.69, 9.17) is 4.52 Å². The van der Waals surface area contributed by atoms with E-state index in [1.54, 1.807) is 18.0 Å². The van der Waals surface area contributed by atoms with E-state index in [9.17, 15) is 0 Å². The van der Waals surface area contributed by atoms with Crippen molar-refractivity contribution in [1.82, 2.24) is 10.5 Å². The lowest BCUT2D eigenvalue weighted by Crippen LogP contribution is -2.31. The summed E-state index contributed by atoms with van der Waals surface area (Å²) in [4.78, 5) is 4.44. The van der Waals surface area contributed by atoms with Crippen LogP contribution in [-0.2, 0) is 6.54 Å². The van der Waals surface area contributed by atoms with Gasteiger partial charge in [0.25, 0.3) is 0 Å². The van der Waals surface area contributed by atoms with Gasteiger partial charge in [0.05, 0.1) is 6.54 Å². The first-order valence-electron chi connectivity index (χ1n) is 5.09. The van der Waals surface area contributed by atoms with Crippen LogP contribution in [0.25, 0.3) is 0 Å². The number of hydrogen-bond acceptors (Lipinski definition) is 4. The lowest BCUT2D eigenvalue weighted by Gasteiger charge is -2.12. The van der Waals surface area contributed by atoms with E-state index in [1.165, 1.54) is 0 Å². The Morgan fingerprint density at radius 2 is 2.60 bits per heavy atom. The highest BCUT2D eigenvalue weighted by Crippen LogP contribution is 2.19. The molecule has 2 heterocycles. The average molecular weight is 225 g/mol. The van der Waals surface area contributed by atoms with Crippen molar-refractivity contribution in [3.8, 4) is 0 Å². The van der Waals surface area contributed by atoms with Crippen molar-refractivity contribution < 1.29 is 4.52 Å². The molecule has 1 N–H and O–H groups in total. The minimum atomic E-state index is 0.547. The van der Waals surface area contributed by atoms with Gasteiger partial charge in [0.2, 0.25) is 0 Å². The molecule has 15 heavy (non-hydrogen) atoms. The number of nitrogens with zero attached hydrogens (tertiary/aromatic N) is 2. The molecule has 0 unspecified atom stereocenters. The van der Waals surface area contributed by atoms with Crippen molar-refractivity contribution in [3.63, 3.8) is 0 Å². The summed E-state index contributed by atoms with van der Waals surface area (Å²) in [6.45, 7) is 5.04. The first-order valence-corrected chi connectivity index (χ1v) is 6.07. The summed E-state index contributed by atoms with van der Waals surface area (Å²) in [7, 11) is 0. The van der Waals surface area contributed by atoms with E-state index in [-0.39, 0.29) is 0 Å². The van der Waals surface area contributed by atoms with Crippen LogP contribution in [0.5, 0.6) is 0 Å². The van der Waals surface area contributed by atoms with Gasteiger partial charge in [-0.15, -0.1) is 0 Å². The summed E-state index contributed by atoms with van der Waals surface area (Å²) in [5.74, 6) is 1.76. The van der Waals surface area contributed by atoms with Gasteiger partial charge in [-0.1, -0.05) is 30.8 Å². The van der Waals surface area contributed by atoms with Gasteiger partial charge in [0.1, 0.15) is 12.0 Å². The predicted octanol–water partition coefficient (Wildman–Crippen LogP) is 1.89. The molecule has 0 aliphatic carbocycles. The standard InChI is InChI=1S/C10H15N3OS/c1-7(2)9-6-15-10(12-9)11-5-8-3-4-14-13-8/h3-4,7,9H,5-6H2,1-2H3,(H,11,12)/t9-/m1/s1. The molecular formula is C10H15N3OS. The van der Waals surface area contributed by atoms with Crippen LogP contribution < -0.4 is 5.32 Å². The van der Waals surface area contributed by atoms with Gasteiger partial charge in [-0.05, 0) is 5.92 Å². The van der Waals surface area contributed by atoms with E-state index in [1.807, 2.05) is 6.07 Å². The first-order chi connectivity index (χ1) is 7.25. The molecule has 1 aliphatic rings. The Labute approximate surface area is 93.5 Å². The highest BCUT2D eigenvalue weighted by molar-refractivity contribution is 8.14. The molecule has 0 amide bonds. The second-order valence-electron chi connectivity index (χ2n) is 3.92. The van der Waals surface area contributed by atoms with Gasteiger partial charge >= 0.3 is 0 Å². The van der Waals surface area contributed by atoms with Crippen molar-refractivity contribution in [2.75, 3.05) is 5.75 Å². The zero-order valence-electron chi connectivity index (χ0n) is 8.93. The van der Waals surface area contributed by atoms with E-state index in [2.05, 4.69) is 29.3 Å². The normalized spacial score (nSPS) is 23.7. The number of amidine groups is 1. The van der Waals surface area contributed by atoms with Gasteiger partial charge in [0.15, 0.2) is 5.17 Å². The van der Waals surface area contributed by atoms with E-state index in [0.29, 0.717) is 18.5 Å². The summed E-state index contributed by atoms with van der Waals surface area (Å²) in [6.07, 6.45) is 1.57. The number of thioether (sulfide) groups is 1. The third kappa shape index (κ3) is 2.75. The summed E-state index contributed by atoms with van der Waals surface area (Å²) in [6, 6.07) is 2.38. The SMILES string of the molecule is CC(C)[C@H]1CSC(=NCc2ccon2)N1. The third-order valence-electron chi connectivity index (χ3n) is 2.39. The smallest absolute Gasteiger partial charge is 0.157 e. The molecular weight excluding hydrogens is 210 g/mol. The summed E-state index contributed by atoms with van der Waals surface area (Å²) < 4.78 is 4.74. The summed E-state index contributed by atoms with van der Waals surface area (Å²) in [5.41, 5.74) is 0.873. The Morgan fingerprint density at radius 1 is 1.73 bits per heavy atom. The number of hydrogen-bond donors (Lipinski definition) is 1. The highest BCUT2D eigenvalue weighted by Gasteiger charge is 2.22. The Bertz CT molecular complexity index is 334. The monoisotopic (exact) mass is 225 g/mol. The van der Waals surface area contributed by atoms with Crippen molar-refractivity contribution in [1.29, 1.82) is 0 Å². The fraction of sp³-hybridized carbons (Fsp3) is 0.600. The lowest BCUT2D eigenvalue weighted by atomic mass is 10.1. The maximum absolute atomic E-state index is 4.74. The fourth-order valence-electron chi connectivity index (χ4n) is 1.33. The molecule has 4 nitrogen and oxygen atoms in total. The van der Waals surface area contributed by atoms with Crippen LogP contribution in [0, 0.1) is 5.92 Å². The zero-order chi connectivity index (χ0) is 10.7. The zero-order valence-corrected chi connectivity index (χ0v) is 9.75. The van der Waals surface area contributed by atoms with Crippen molar-refractivity contribution in [2.24, 2.45) is 10.9 Å². The third-order valence-corrected chi connectivity index (χ3v) is 3.44. The Balaban J connectivity index is 1.88. The highest BCUT2D eigenvalue weighted by atomic mass is 32.2. The summed E-state index contributed by atoms with van der Waals surface area (Å²) in [5, 5.41) is 8.24. The van der Waals surface area contributed by atoms with Gasteiger partial charge in [-0.3, -0.25) is 4.99 Å². The molecule has 1 aliphatic heterocycles. The van der Waals surface area contributed by atoms with Crippen LogP contribution in [0.15, 0.2) is 21.8 Å². The molecule has 0 bridgehead atoms. The molecule has 1 fully saturated rings. The molecule has 1 aromatic rings.